The maximum atomic E-state index is 11.2. The van der Waals surface area contributed by atoms with Crippen LogP contribution in [-0.4, -0.2) is 18.0 Å². The molecule has 0 unspecified atom stereocenters. The zero-order chi connectivity index (χ0) is 19.6. The number of hydrogen-bond donors (Lipinski definition) is 1. The highest BCUT2D eigenvalue weighted by molar-refractivity contribution is 5.62. The van der Waals surface area contributed by atoms with Crippen molar-refractivity contribution in [2.75, 3.05) is 18.0 Å². The second-order valence-corrected chi connectivity index (χ2v) is 6.17. The second kappa shape index (κ2) is 7.38. The van der Waals surface area contributed by atoms with Crippen LogP contribution in [0, 0.1) is 21.4 Å². The van der Waals surface area contributed by atoms with Gasteiger partial charge in [0.1, 0.15) is 17.4 Å². The Kier molecular flexibility index (Phi) is 4.99. The van der Waals surface area contributed by atoms with Crippen molar-refractivity contribution in [2.24, 2.45) is 5.73 Å². The fourth-order valence-corrected chi connectivity index (χ4v) is 3.39. The molecule has 2 aromatic carbocycles. The molecule has 0 fully saturated rings. The summed E-state index contributed by atoms with van der Waals surface area (Å²) in [6.07, 6.45) is 0. The number of anilines is 1. The highest BCUT2D eigenvalue weighted by atomic mass is 16.6. The van der Waals surface area contributed by atoms with E-state index < -0.39 is 10.8 Å². The normalized spacial score (nSPS) is 15.5. The lowest BCUT2D eigenvalue weighted by molar-refractivity contribution is -0.384. The number of nitriles is 1. The molecule has 0 radical (unpaired) electrons. The van der Waals surface area contributed by atoms with Crippen LogP contribution in [0.3, 0.4) is 0 Å². The predicted molar refractivity (Wildman–Crippen MR) is 102 cm³/mol. The van der Waals surface area contributed by atoms with Gasteiger partial charge >= 0.3 is 0 Å². The molecule has 0 aromatic heterocycles. The number of allylic oxidation sites excluding steroid dienone is 1. The van der Waals surface area contributed by atoms with Crippen LogP contribution >= 0.6 is 0 Å². The average molecular weight is 364 g/mol. The lowest BCUT2D eigenvalue weighted by Gasteiger charge is -2.28. The topological polar surface area (TPSA) is 105 Å². The standard InChI is InChI=1S/C20H20N4O3/c1-3-23(4-2)14-8-9-16-18(11-14)27-20(22)17(12-21)19(16)13-6-5-7-15(10-13)24(25)26/h5-11,19H,3-4,22H2,1-2H3/t19-/m0/s1. The van der Waals surface area contributed by atoms with Crippen molar-refractivity contribution < 1.29 is 9.66 Å². The van der Waals surface area contributed by atoms with Crippen molar-refractivity contribution in [3.8, 4) is 11.8 Å². The molecule has 0 bridgehead atoms. The SMILES string of the molecule is CCN(CC)c1ccc2c(c1)OC(N)=C(C#N)[C@H]2c1cccc([N+](=O)[O-])c1. The molecular formula is C20H20N4O3. The first-order chi connectivity index (χ1) is 13.0. The number of benzene rings is 2. The first-order valence-electron chi connectivity index (χ1n) is 8.70. The quantitative estimate of drug-likeness (QED) is 0.641. The Bertz CT molecular complexity index is 958. The zero-order valence-corrected chi connectivity index (χ0v) is 15.2. The van der Waals surface area contributed by atoms with E-state index in [0.717, 1.165) is 24.3 Å². The third kappa shape index (κ3) is 3.29. The van der Waals surface area contributed by atoms with Crippen LogP contribution in [0.15, 0.2) is 53.9 Å². The molecule has 1 atom stereocenters. The van der Waals surface area contributed by atoms with Crippen LogP contribution in [0.4, 0.5) is 11.4 Å². The maximum absolute atomic E-state index is 11.2. The Balaban J connectivity index is 2.15. The van der Waals surface area contributed by atoms with Crippen molar-refractivity contribution in [1.29, 1.82) is 5.26 Å². The first kappa shape index (κ1) is 18.3. The molecule has 1 heterocycles. The minimum atomic E-state index is -0.510. The molecule has 1 aliphatic rings. The van der Waals surface area contributed by atoms with Crippen LogP contribution in [0.25, 0.3) is 0 Å². The molecule has 138 valence electrons. The summed E-state index contributed by atoms with van der Waals surface area (Å²) in [7, 11) is 0. The molecule has 0 saturated heterocycles. The molecule has 2 N–H and O–H groups in total. The van der Waals surface area contributed by atoms with Crippen molar-refractivity contribution in [1.82, 2.24) is 0 Å². The summed E-state index contributed by atoms with van der Waals surface area (Å²) < 4.78 is 5.72. The molecule has 27 heavy (non-hydrogen) atoms. The number of hydrogen-bond acceptors (Lipinski definition) is 6. The Hall–Kier alpha value is -3.53. The van der Waals surface area contributed by atoms with E-state index in [0.29, 0.717) is 11.3 Å². The van der Waals surface area contributed by atoms with Gasteiger partial charge in [0.25, 0.3) is 5.69 Å². The smallest absolute Gasteiger partial charge is 0.269 e. The summed E-state index contributed by atoms with van der Waals surface area (Å²) in [5, 5.41) is 20.8. The molecule has 7 heteroatoms. The Morgan fingerprint density at radius 3 is 2.63 bits per heavy atom. The number of nitro benzene ring substituents is 1. The minimum absolute atomic E-state index is 0.0261. The first-order valence-corrected chi connectivity index (χ1v) is 8.70. The maximum Gasteiger partial charge on any atom is 0.269 e. The predicted octanol–water partition coefficient (Wildman–Crippen LogP) is 3.66. The Morgan fingerprint density at radius 1 is 1.26 bits per heavy atom. The Morgan fingerprint density at radius 2 is 2.00 bits per heavy atom. The fraction of sp³-hybridized carbons (Fsp3) is 0.250. The number of rotatable bonds is 5. The van der Waals surface area contributed by atoms with E-state index in [1.807, 2.05) is 18.2 Å². The summed E-state index contributed by atoms with van der Waals surface area (Å²) in [5.74, 6) is 0.0787. The Labute approximate surface area is 157 Å². The number of ether oxygens (including phenoxy) is 1. The van der Waals surface area contributed by atoms with Gasteiger partial charge in [0.15, 0.2) is 0 Å². The third-order valence-corrected chi connectivity index (χ3v) is 4.75. The summed E-state index contributed by atoms with van der Waals surface area (Å²) in [5.41, 5.74) is 8.61. The lowest BCUT2D eigenvalue weighted by atomic mass is 9.83. The van der Waals surface area contributed by atoms with Gasteiger partial charge in [0.05, 0.1) is 10.8 Å². The highest BCUT2D eigenvalue weighted by Gasteiger charge is 2.31. The number of nitro groups is 1. The molecule has 3 rings (SSSR count). The van der Waals surface area contributed by atoms with Gasteiger partial charge in [0, 0.05) is 42.5 Å². The summed E-state index contributed by atoms with van der Waals surface area (Å²) in [4.78, 5) is 12.9. The van der Waals surface area contributed by atoms with Crippen LogP contribution in [-0.2, 0) is 0 Å². The van der Waals surface area contributed by atoms with Crippen molar-refractivity contribution in [2.45, 2.75) is 19.8 Å². The zero-order valence-electron chi connectivity index (χ0n) is 15.2. The van der Waals surface area contributed by atoms with Crippen LogP contribution in [0.5, 0.6) is 5.75 Å². The molecule has 1 aliphatic heterocycles. The van der Waals surface area contributed by atoms with Gasteiger partial charge in [-0.05, 0) is 25.5 Å². The van der Waals surface area contributed by atoms with Crippen LogP contribution < -0.4 is 15.4 Å². The summed E-state index contributed by atoms with van der Waals surface area (Å²) in [6.45, 7) is 5.83. The number of nitrogens with two attached hydrogens (primary N) is 1. The number of non-ortho nitro benzene ring substituents is 1. The van der Waals surface area contributed by atoms with E-state index in [1.54, 1.807) is 12.1 Å². The molecule has 2 aromatic rings. The average Bonchev–Trinajstić information content (AvgIpc) is 2.67. The van der Waals surface area contributed by atoms with E-state index >= 15 is 0 Å². The van der Waals surface area contributed by atoms with Gasteiger partial charge in [-0.2, -0.15) is 5.26 Å². The highest BCUT2D eigenvalue weighted by Crippen LogP contribution is 2.43. The molecular weight excluding hydrogens is 344 g/mol. The molecule has 7 nitrogen and oxygen atoms in total. The van der Waals surface area contributed by atoms with Gasteiger partial charge in [-0.15, -0.1) is 0 Å². The van der Waals surface area contributed by atoms with E-state index in [-0.39, 0.29) is 17.1 Å². The lowest BCUT2D eigenvalue weighted by Crippen LogP contribution is -2.24. The van der Waals surface area contributed by atoms with E-state index in [4.69, 9.17) is 10.5 Å². The minimum Gasteiger partial charge on any atom is -0.440 e. The van der Waals surface area contributed by atoms with Crippen LogP contribution in [0.2, 0.25) is 0 Å². The largest absolute Gasteiger partial charge is 0.440 e. The summed E-state index contributed by atoms with van der Waals surface area (Å²) in [6, 6.07) is 14.1. The van der Waals surface area contributed by atoms with Crippen molar-refractivity contribution in [3.05, 3.63) is 75.2 Å². The number of nitrogens with zero attached hydrogens (tertiary/aromatic N) is 3. The van der Waals surface area contributed by atoms with Gasteiger partial charge in [-0.3, -0.25) is 10.1 Å². The van der Waals surface area contributed by atoms with Crippen molar-refractivity contribution >= 4 is 11.4 Å². The third-order valence-electron chi connectivity index (χ3n) is 4.75. The van der Waals surface area contributed by atoms with E-state index in [2.05, 4.69) is 24.8 Å². The monoisotopic (exact) mass is 364 g/mol. The number of fused-ring (bicyclic) bond motifs is 1. The van der Waals surface area contributed by atoms with E-state index in [1.165, 1.54) is 12.1 Å². The molecule has 0 aliphatic carbocycles. The summed E-state index contributed by atoms with van der Waals surface area (Å²) >= 11 is 0. The van der Waals surface area contributed by atoms with Gasteiger partial charge < -0.3 is 15.4 Å². The second-order valence-electron chi connectivity index (χ2n) is 6.17. The van der Waals surface area contributed by atoms with Gasteiger partial charge in [-0.25, -0.2) is 0 Å². The van der Waals surface area contributed by atoms with E-state index in [9.17, 15) is 15.4 Å². The molecule has 0 saturated carbocycles. The molecule has 0 amide bonds. The van der Waals surface area contributed by atoms with Gasteiger partial charge in [-0.1, -0.05) is 18.2 Å². The van der Waals surface area contributed by atoms with Crippen LogP contribution in [0.1, 0.15) is 30.9 Å². The van der Waals surface area contributed by atoms with Crippen molar-refractivity contribution in [3.63, 3.8) is 0 Å². The molecule has 0 spiro atoms. The van der Waals surface area contributed by atoms with Gasteiger partial charge in [0.2, 0.25) is 5.88 Å². The fourth-order valence-electron chi connectivity index (χ4n) is 3.39.